The van der Waals surface area contributed by atoms with E-state index in [0.717, 1.165) is 61.3 Å². The number of unbranched alkanes of at least 4 members (excludes halogenated alkanes) is 2. The Hall–Kier alpha value is -3.14. The third-order valence-corrected chi connectivity index (χ3v) is 6.79. The van der Waals surface area contributed by atoms with Gasteiger partial charge in [0.25, 0.3) is 0 Å². The minimum absolute atomic E-state index is 0.0658. The zero-order valence-electron chi connectivity index (χ0n) is 20.2. The van der Waals surface area contributed by atoms with Crippen molar-refractivity contribution in [3.05, 3.63) is 77.1 Å². The average Bonchev–Trinajstić information content (AvgIpc) is 3.08. The molecule has 1 aliphatic carbocycles. The number of fused-ring (bicyclic) bond motifs is 1. The number of Topliss-reactive ketones (excluding diaryl/α,β-unsaturated/α-hetero) is 1. The molecule has 33 heavy (non-hydrogen) atoms. The molecule has 0 aromatic heterocycles. The first-order valence-corrected chi connectivity index (χ1v) is 12.1. The number of anilines is 1. The number of carbonyl (C=O) groups is 1. The van der Waals surface area contributed by atoms with Gasteiger partial charge >= 0.3 is 0 Å². The van der Waals surface area contributed by atoms with Crippen LogP contribution >= 0.6 is 0 Å². The van der Waals surface area contributed by atoms with E-state index in [-0.39, 0.29) is 17.0 Å². The minimum atomic E-state index is -0.304. The van der Waals surface area contributed by atoms with Crippen LogP contribution in [0.1, 0.15) is 64.5 Å². The maximum atomic E-state index is 13.0. The maximum Gasteiger partial charge on any atom is 0.201 e. The fourth-order valence-electron chi connectivity index (χ4n) is 4.59. The lowest BCUT2D eigenvalue weighted by Crippen LogP contribution is -2.28. The molecule has 0 saturated carbocycles. The molecule has 4 heteroatoms. The number of hydrogen-bond acceptors (Lipinski definition) is 4. The summed E-state index contributed by atoms with van der Waals surface area (Å²) in [5.41, 5.74) is 5.24. The summed E-state index contributed by atoms with van der Waals surface area (Å²) >= 11 is 0. The Morgan fingerprint density at radius 2 is 1.61 bits per heavy atom. The van der Waals surface area contributed by atoms with Gasteiger partial charge in [0.05, 0.1) is 22.5 Å². The quantitative estimate of drug-likeness (QED) is 0.428. The Bertz CT molecular complexity index is 1130. The lowest BCUT2D eigenvalue weighted by Gasteiger charge is -2.26. The van der Waals surface area contributed by atoms with Gasteiger partial charge in [-0.15, -0.1) is 0 Å². The topological polar surface area (TPSA) is 52.9 Å². The number of ketones is 1. The van der Waals surface area contributed by atoms with Crippen LogP contribution in [0, 0.1) is 0 Å². The molecule has 1 heterocycles. The molecule has 4 rings (SSSR count). The van der Waals surface area contributed by atoms with Crippen molar-refractivity contribution in [3.63, 3.8) is 0 Å². The van der Waals surface area contributed by atoms with Crippen LogP contribution in [0.3, 0.4) is 0 Å². The van der Waals surface area contributed by atoms with Crippen LogP contribution in [0.15, 0.2) is 70.9 Å². The van der Waals surface area contributed by atoms with E-state index in [0.29, 0.717) is 11.1 Å². The van der Waals surface area contributed by atoms with Gasteiger partial charge in [-0.05, 0) is 48.2 Å². The lowest BCUT2D eigenvalue weighted by molar-refractivity contribution is -0.111. The van der Waals surface area contributed by atoms with E-state index in [1.54, 1.807) is 6.08 Å². The van der Waals surface area contributed by atoms with Crippen LogP contribution in [-0.4, -0.2) is 29.7 Å². The van der Waals surface area contributed by atoms with Gasteiger partial charge in [0.2, 0.25) is 5.78 Å². The average molecular weight is 443 g/mol. The monoisotopic (exact) mass is 442 g/mol. The Morgan fingerprint density at radius 3 is 2.18 bits per heavy atom. The highest BCUT2D eigenvalue weighted by molar-refractivity contribution is 6.40. The molecule has 0 amide bonds. The van der Waals surface area contributed by atoms with Gasteiger partial charge in [-0.2, -0.15) is 0 Å². The highest BCUT2D eigenvalue weighted by Crippen LogP contribution is 2.42. The van der Waals surface area contributed by atoms with Crippen LogP contribution in [0.25, 0.3) is 5.57 Å². The van der Waals surface area contributed by atoms with Gasteiger partial charge in [-0.1, -0.05) is 70.9 Å². The predicted octanol–water partition coefficient (Wildman–Crippen LogP) is 6.94. The number of benzene rings is 2. The Balaban J connectivity index is 1.56. The number of aliphatic hydroxyl groups is 1. The van der Waals surface area contributed by atoms with E-state index in [2.05, 4.69) is 50.8 Å². The number of para-hydroxylation sites is 1. The molecule has 0 radical (unpaired) electrons. The SMILES string of the molecule is CCCCN(CCCC)c1ccc(C2=C(O)/C(=C\C3=Nc4ccccc4C3(C)C)C2=O)cc1. The highest BCUT2D eigenvalue weighted by Gasteiger charge is 2.39. The van der Waals surface area contributed by atoms with Gasteiger partial charge < -0.3 is 10.0 Å². The summed E-state index contributed by atoms with van der Waals surface area (Å²) in [6.07, 6.45) is 6.41. The molecule has 2 aliphatic rings. The van der Waals surface area contributed by atoms with Crippen molar-refractivity contribution in [3.8, 4) is 0 Å². The second-order valence-electron chi connectivity index (χ2n) is 9.49. The van der Waals surface area contributed by atoms with E-state index in [9.17, 15) is 9.90 Å². The fourth-order valence-corrected chi connectivity index (χ4v) is 4.59. The van der Waals surface area contributed by atoms with Gasteiger partial charge in [-0.25, -0.2) is 0 Å². The van der Waals surface area contributed by atoms with Gasteiger partial charge in [-0.3, -0.25) is 9.79 Å². The van der Waals surface area contributed by atoms with E-state index in [1.165, 1.54) is 5.69 Å². The maximum absolute atomic E-state index is 13.0. The van der Waals surface area contributed by atoms with Crippen molar-refractivity contribution < 1.29 is 9.90 Å². The van der Waals surface area contributed by atoms with Gasteiger partial charge in [0.1, 0.15) is 5.76 Å². The first-order valence-electron chi connectivity index (χ1n) is 12.1. The molecule has 2 aromatic rings. The van der Waals surface area contributed by atoms with Crippen LogP contribution in [0.4, 0.5) is 11.4 Å². The lowest BCUT2D eigenvalue weighted by atomic mass is 9.77. The molecule has 0 atom stereocenters. The fraction of sp³-hybridized carbons (Fsp3) is 0.379. The summed E-state index contributed by atoms with van der Waals surface area (Å²) in [7, 11) is 0. The number of aliphatic imine (C=N–C) groups is 1. The molecule has 0 bridgehead atoms. The van der Waals surface area contributed by atoms with Gasteiger partial charge in [0.15, 0.2) is 0 Å². The Labute approximate surface area is 197 Å². The van der Waals surface area contributed by atoms with E-state index >= 15 is 0 Å². The second kappa shape index (κ2) is 9.38. The Kier molecular flexibility index (Phi) is 6.55. The van der Waals surface area contributed by atoms with Crippen molar-refractivity contribution in [1.82, 2.24) is 0 Å². The van der Waals surface area contributed by atoms with E-state index in [1.807, 2.05) is 30.3 Å². The molecule has 1 N–H and O–H groups in total. The van der Waals surface area contributed by atoms with E-state index in [4.69, 9.17) is 4.99 Å². The molecular formula is C29H34N2O2. The normalized spacial score (nSPS) is 17.8. The first kappa shape index (κ1) is 23.0. The molecule has 0 fully saturated rings. The molecule has 0 saturated heterocycles. The summed E-state index contributed by atoms with van der Waals surface area (Å²) in [6, 6.07) is 16.1. The van der Waals surface area contributed by atoms with Crippen molar-refractivity contribution in [2.75, 3.05) is 18.0 Å². The standard InChI is InChI=1S/C29H34N2O2/c1-5-7-17-31(18-8-6-2)21-15-13-20(14-16-21)26-27(32)22(28(26)33)19-25-29(3,4)23-11-9-10-12-24(23)30-25/h9-16,19,32H,5-8,17-18H2,1-4H3/b22-19+. The van der Waals surface area contributed by atoms with Crippen LogP contribution in [-0.2, 0) is 10.2 Å². The third kappa shape index (κ3) is 4.27. The van der Waals surface area contributed by atoms with Crippen molar-refractivity contribution >= 4 is 28.4 Å². The molecule has 1 aliphatic heterocycles. The summed E-state index contributed by atoms with van der Waals surface area (Å²) in [6.45, 7) is 10.7. The van der Waals surface area contributed by atoms with Crippen molar-refractivity contribution in [2.45, 2.75) is 58.8 Å². The van der Waals surface area contributed by atoms with Crippen LogP contribution < -0.4 is 4.90 Å². The highest BCUT2D eigenvalue weighted by atomic mass is 16.3. The third-order valence-electron chi connectivity index (χ3n) is 6.79. The second-order valence-corrected chi connectivity index (χ2v) is 9.49. The van der Waals surface area contributed by atoms with Crippen molar-refractivity contribution in [1.29, 1.82) is 0 Å². The van der Waals surface area contributed by atoms with Crippen LogP contribution in [0.5, 0.6) is 0 Å². The number of allylic oxidation sites excluding steroid dienone is 3. The summed E-state index contributed by atoms with van der Waals surface area (Å²) in [5, 5.41) is 10.8. The zero-order valence-corrected chi connectivity index (χ0v) is 20.2. The summed E-state index contributed by atoms with van der Waals surface area (Å²) in [5.74, 6) is -0.0560. The molecular weight excluding hydrogens is 408 g/mol. The first-order chi connectivity index (χ1) is 15.9. The summed E-state index contributed by atoms with van der Waals surface area (Å²) < 4.78 is 0. The number of nitrogens with zero attached hydrogens (tertiary/aromatic N) is 2. The van der Waals surface area contributed by atoms with Gasteiger partial charge in [0, 0.05) is 24.2 Å². The molecule has 0 unspecified atom stereocenters. The largest absolute Gasteiger partial charge is 0.506 e. The predicted molar refractivity (Wildman–Crippen MR) is 138 cm³/mol. The van der Waals surface area contributed by atoms with Crippen LogP contribution in [0.2, 0.25) is 0 Å². The number of aliphatic hydroxyl groups excluding tert-OH is 1. The molecule has 0 spiro atoms. The zero-order chi connectivity index (χ0) is 23.6. The molecule has 172 valence electrons. The molecule has 4 nitrogen and oxygen atoms in total. The smallest absolute Gasteiger partial charge is 0.201 e. The van der Waals surface area contributed by atoms with Crippen molar-refractivity contribution in [2.24, 2.45) is 4.99 Å². The summed E-state index contributed by atoms with van der Waals surface area (Å²) in [4.78, 5) is 20.1. The number of carbonyl (C=O) groups excluding carboxylic acids is 1. The number of hydrogen-bond donors (Lipinski definition) is 1. The van der Waals surface area contributed by atoms with E-state index < -0.39 is 0 Å². The Morgan fingerprint density at radius 1 is 0.970 bits per heavy atom. The number of rotatable bonds is 9. The minimum Gasteiger partial charge on any atom is -0.506 e. The molecule has 2 aromatic carbocycles.